The van der Waals surface area contributed by atoms with Gasteiger partial charge in [0.05, 0.1) is 26.3 Å². The number of ether oxygens (including phenoxy) is 2. The molecule has 0 N–H and O–H groups in total. The Morgan fingerprint density at radius 3 is 0.903 bits per heavy atom. The molecule has 0 amide bonds. The van der Waals surface area contributed by atoms with Gasteiger partial charge in [-0.25, -0.2) is 0 Å². The van der Waals surface area contributed by atoms with Crippen LogP contribution in [0.5, 0.6) is 11.5 Å². The Labute approximate surface area is 372 Å². The average molecular weight is 881 g/mol. The van der Waals surface area contributed by atoms with E-state index < -0.39 is 12.1 Å². The van der Waals surface area contributed by atoms with Gasteiger partial charge in [0.1, 0.15) is 22.7 Å². The number of hydrogen-bond acceptors (Lipinski definition) is 6. The van der Waals surface area contributed by atoms with Gasteiger partial charge in [-0.05, 0) is 56.6 Å². The van der Waals surface area contributed by atoms with Gasteiger partial charge in [-0.15, -0.1) is 0 Å². The third kappa shape index (κ3) is 7.65. The first-order chi connectivity index (χ1) is 30.4. The summed E-state index contributed by atoms with van der Waals surface area (Å²) in [6.45, 7) is 0. The number of benzene rings is 8. The third-order valence-electron chi connectivity index (χ3n) is 10.9. The van der Waals surface area contributed by atoms with Crippen LogP contribution in [0.4, 0.5) is 0 Å². The molecule has 0 fully saturated rings. The number of hydrogen-bond donors (Lipinski definition) is 0. The fourth-order valence-corrected chi connectivity index (χ4v) is 15.6. The molecule has 2 heterocycles. The fourth-order valence-electron chi connectivity index (χ4n) is 7.91. The highest BCUT2D eigenvalue weighted by Gasteiger charge is 2.34. The highest BCUT2D eigenvalue weighted by molar-refractivity contribution is 8.26. The van der Waals surface area contributed by atoms with Gasteiger partial charge < -0.3 is 18.3 Å². The Hall–Kier alpha value is -6.26. The summed E-state index contributed by atoms with van der Waals surface area (Å²) < 4.78 is 24.2. The second-order valence-electron chi connectivity index (χ2n) is 14.6. The monoisotopic (exact) mass is 880 g/mol. The molecule has 62 heavy (non-hydrogen) atoms. The molecule has 0 saturated heterocycles. The van der Waals surface area contributed by atoms with Gasteiger partial charge in [-0.3, -0.25) is 0 Å². The summed E-state index contributed by atoms with van der Waals surface area (Å²) in [4.78, 5) is 0. The molecule has 0 aliphatic carbocycles. The van der Waals surface area contributed by atoms with Crippen molar-refractivity contribution in [1.29, 1.82) is 0 Å². The highest BCUT2D eigenvalue weighted by atomic mass is 32.4. The second-order valence-corrected chi connectivity index (χ2v) is 23.2. The Bertz CT molecular complexity index is 2880. The van der Waals surface area contributed by atoms with Crippen molar-refractivity contribution in [1.82, 2.24) is 0 Å². The molecular weight excluding hydrogens is 839 g/mol. The first-order valence-electron chi connectivity index (χ1n) is 20.2. The van der Waals surface area contributed by atoms with E-state index in [-0.39, 0.29) is 0 Å². The first kappa shape index (κ1) is 41.1. The van der Waals surface area contributed by atoms with Crippen LogP contribution >= 0.6 is 12.1 Å². The maximum absolute atomic E-state index is 6.64. The zero-order valence-corrected chi connectivity index (χ0v) is 37.6. The molecular formula is C54H42O4P2S2. The molecule has 8 heteroatoms. The summed E-state index contributed by atoms with van der Waals surface area (Å²) in [5, 5.41) is 6.53. The standard InChI is InChI=1S/2C27H21O2PS/c2*1-28-21-17-18-24-25(19-21)29-27(26(24)20-11-5-2-6-12-20)30(31,22-13-7-3-8-14-22)23-15-9-4-10-16-23/h2*2-19H,1H3. The van der Waals surface area contributed by atoms with Crippen molar-refractivity contribution in [3.8, 4) is 33.8 Å². The Morgan fingerprint density at radius 2 is 0.629 bits per heavy atom. The van der Waals surface area contributed by atoms with Crippen LogP contribution < -0.4 is 41.7 Å². The Kier molecular flexibility index (Phi) is 11.9. The lowest BCUT2D eigenvalue weighted by Gasteiger charge is -2.22. The smallest absolute Gasteiger partial charge is 0.153 e. The molecule has 0 atom stereocenters. The number of methoxy groups -OCH3 is 2. The van der Waals surface area contributed by atoms with Crippen molar-refractivity contribution in [2.24, 2.45) is 0 Å². The van der Waals surface area contributed by atoms with Gasteiger partial charge in [0.25, 0.3) is 0 Å². The van der Waals surface area contributed by atoms with Gasteiger partial charge in [0.15, 0.2) is 11.0 Å². The van der Waals surface area contributed by atoms with Crippen LogP contribution in [-0.4, -0.2) is 14.2 Å². The first-order valence-corrected chi connectivity index (χ1v) is 25.8. The van der Waals surface area contributed by atoms with E-state index >= 15 is 0 Å². The van der Waals surface area contributed by atoms with Crippen molar-refractivity contribution < 1.29 is 18.3 Å². The van der Waals surface area contributed by atoms with Crippen LogP contribution in [0.3, 0.4) is 0 Å². The predicted molar refractivity (Wildman–Crippen MR) is 269 cm³/mol. The summed E-state index contributed by atoms with van der Waals surface area (Å²) in [5.74, 6) is 1.53. The molecule has 0 aliphatic heterocycles. The molecule has 304 valence electrons. The van der Waals surface area contributed by atoms with E-state index in [1.807, 2.05) is 109 Å². The van der Waals surface area contributed by atoms with E-state index in [2.05, 4.69) is 109 Å². The molecule has 0 aliphatic rings. The van der Waals surface area contributed by atoms with Gasteiger partial charge in [-0.2, -0.15) is 0 Å². The molecule has 0 saturated carbocycles. The van der Waals surface area contributed by atoms with Crippen LogP contribution in [-0.2, 0) is 23.6 Å². The van der Waals surface area contributed by atoms with Crippen molar-refractivity contribution in [2.75, 3.05) is 14.2 Å². The maximum Gasteiger partial charge on any atom is 0.153 e. The lowest BCUT2D eigenvalue weighted by atomic mass is 10.0. The van der Waals surface area contributed by atoms with E-state index in [0.717, 1.165) is 87.9 Å². The van der Waals surface area contributed by atoms with Crippen LogP contribution in [0, 0.1) is 0 Å². The summed E-state index contributed by atoms with van der Waals surface area (Å²) in [6, 6.07) is 69.3. The molecule has 2 aromatic heterocycles. The van der Waals surface area contributed by atoms with E-state index in [4.69, 9.17) is 41.9 Å². The topological polar surface area (TPSA) is 44.7 Å². The Balaban J connectivity index is 0.000000158. The lowest BCUT2D eigenvalue weighted by Crippen LogP contribution is -2.25. The Morgan fingerprint density at radius 1 is 0.355 bits per heavy atom. The van der Waals surface area contributed by atoms with Crippen LogP contribution in [0.1, 0.15) is 0 Å². The quantitative estimate of drug-likeness (QED) is 0.128. The van der Waals surface area contributed by atoms with Crippen LogP contribution in [0.2, 0.25) is 0 Å². The van der Waals surface area contributed by atoms with E-state index in [1.165, 1.54) is 0 Å². The van der Waals surface area contributed by atoms with E-state index in [0.29, 0.717) is 0 Å². The van der Waals surface area contributed by atoms with Crippen LogP contribution in [0.15, 0.2) is 227 Å². The minimum atomic E-state index is -2.45. The molecule has 4 nitrogen and oxygen atoms in total. The van der Waals surface area contributed by atoms with Crippen LogP contribution in [0.25, 0.3) is 44.2 Å². The zero-order chi connectivity index (χ0) is 42.5. The normalized spacial score (nSPS) is 11.5. The van der Waals surface area contributed by atoms with Gasteiger partial charge in [0.2, 0.25) is 0 Å². The third-order valence-corrected chi connectivity index (χ3v) is 20.3. The van der Waals surface area contributed by atoms with Crippen molar-refractivity contribution >= 4 is 89.8 Å². The van der Waals surface area contributed by atoms with E-state index in [1.54, 1.807) is 14.2 Å². The highest BCUT2D eigenvalue weighted by Crippen LogP contribution is 2.50. The maximum atomic E-state index is 6.64. The molecule has 0 spiro atoms. The SMILES string of the molecule is COc1ccc2c(-c3ccccc3)c(P(=S)(c3ccccc3)c3ccccc3)oc2c1.COc1ccc2c(-c3ccccc3)c(P(=S)(c3ccccc3)c3ccccc3)oc2c1. The summed E-state index contributed by atoms with van der Waals surface area (Å²) in [6.07, 6.45) is 0. The van der Waals surface area contributed by atoms with Crippen molar-refractivity contribution in [2.45, 2.75) is 0 Å². The summed E-state index contributed by atoms with van der Waals surface area (Å²) in [5.41, 5.74) is 7.61. The predicted octanol–water partition coefficient (Wildman–Crippen LogP) is 11.7. The average Bonchev–Trinajstić information content (AvgIpc) is 3.94. The van der Waals surface area contributed by atoms with Crippen molar-refractivity contribution in [3.05, 3.63) is 218 Å². The second kappa shape index (κ2) is 18.0. The van der Waals surface area contributed by atoms with Gasteiger partial charge >= 0.3 is 0 Å². The largest absolute Gasteiger partial charge is 0.497 e. The van der Waals surface area contributed by atoms with E-state index in [9.17, 15) is 0 Å². The zero-order valence-electron chi connectivity index (χ0n) is 34.1. The molecule has 0 unspecified atom stereocenters. The summed E-state index contributed by atoms with van der Waals surface area (Å²) >= 11 is 13.2. The molecule has 0 radical (unpaired) electrons. The minimum absolute atomic E-state index is 0.764. The fraction of sp³-hybridized carbons (Fsp3) is 0.0370. The number of fused-ring (bicyclic) bond motifs is 2. The lowest BCUT2D eigenvalue weighted by molar-refractivity contribution is 0.414. The number of furan rings is 2. The van der Waals surface area contributed by atoms with Crippen molar-refractivity contribution in [3.63, 3.8) is 0 Å². The molecule has 0 bridgehead atoms. The van der Waals surface area contributed by atoms with Gasteiger partial charge in [0, 0.05) is 34.0 Å². The number of rotatable bonds is 10. The molecule has 10 rings (SSSR count). The summed E-state index contributed by atoms with van der Waals surface area (Å²) in [7, 11) is 3.34. The van der Waals surface area contributed by atoms with Gasteiger partial charge in [-0.1, -0.05) is 206 Å². The molecule has 8 aromatic carbocycles. The minimum Gasteiger partial charge on any atom is -0.497 e. The molecule has 10 aromatic rings.